The van der Waals surface area contributed by atoms with E-state index in [1.165, 1.54) is 83.5 Å². The predicted octanol–water partition coefficient (Wildman–Crippen LogP) is 9.56. The molecule has 0 amide bonds. The van der Waals surface area contributed by atoms with Gasteiger partial charge in [0, 0.05) is 12.8 Å². The Hall–Kier alpha value is -1.62. The van der Waals surface area contributed by atoms with Crippen LogP contribution in [0.4, 0.5) is 0 Å². The first-order valence-electron chi connectivity index (χ1n) is 16.4. The summed E-state index contributed by atoms with van der Waals surface area (Å²) in [7, 11) is 0. The van der Waals surface area contributed by atoms with Gasteiger partial charge in [0.15, 0.2) is 6.10 Å². The fourth-order valence-corrected chi connectivity index (χ4v) is 4.46. The van der Waals surface area contributed by atoms with Crippen LogP contribution in [0, 0.1) is 0 Å². The van der Waals surface area contributed by atoms with Crippen LogP contribution in [0.25, 0.3) is 0 Å². The molecule has 0 aliphatic carbocycles. The van der Waals surface area contributed by atoms with Crippen LogP contribution in [0.15, 0.2) is 24.3 Å². The molecule has 5 heteroatoms. The second-order valence-electron chi connectivity index (χ2n) is 10.9. The third-order valence-electron chi connectivity index (χ3n) is 7.00. The average Bonchev–Trinajstić information content (AvgIpc) is 2.94. The minimum atomic E-state index is -0.769. The lowest BCUT2D eigenvalue weighted by molar-refractivity contribution is -0.161. The summed E-state index contributed by atoms with van der Waals surface area (Å²) < 4.78 is 10.5. The van der Waals surface area contributed by atoms with Gasteiger partial charge in [0.05, 0.1) is 6.61 Å². The summed E-state index contributed by atoms with van der Waals surface area (Å²) in [5, 5.41) is 9.47. The Balaban J connectivity index is 3.61. The molecule has 0 aromatic heterocycles. The van der Waals surface area contributed by atoms with E-state index in [-0.39, 0.29) is 25.2 Å². The number of hydrogen-bond acceptors (Lipinski definition) is 5. The van der Waals surface area contributed by atoms with Gasteiger partial charge in [0.1, 0.15) is 6.61 Å². The van der Waals surface area contributed by atoms with Gasteiger partial charge >= 0.3 is 11.9 Å². The standard InChI is InChI=1S/C34H62O5/c1-3-5-7-9-11-13-15-16-17-18-19-21-22-24-26-28-33(36)38-31-32(30-35)39-34(37)29-27-25-23-20-14-12-10-8-6-4-2/h11,13,16-17,32,35H,3-10,12,14-15,18-31H2,1-2H3/b13-11+,17-16+/t32-/m0/s1. The van der Waals surface area contributed by atoms with E-state index in [1.54, 1.807) is 0 Å². The monoisotopic (exact) mass is 550 g/mol. The molecule has 0 saturated carbocycles. The number of ether oxygens (including phenoxy) is 2. The minimum absolute atomic E-state index is 0.0701. The van der Waals surface area contributed by atoms with Crippen LogP contribution in [0.3, 0.4) is 0 Å². The molecule has 0 saturated heterocycles. The average molecular weight is 551 g/mol. The van der Waals surface area contributed by atoms with E-state index in [0.29, 0.717) is 12.8 Å². The lowest BCUT2D eigenvalue weighted by Crippen LogP contribution is -2.28. The Morgan fingerprint density at radius 1 is 0.590 bits per heavy atom. The van der Waals surface area contributed by atoms with Gasteiger partial charge < -0.3 is 14.6 Å². The summed E-state index contributed by atoms with van der Waals surface area (Å²) in [5.74, 6) is -0.608. The molecule has 0 heterocycles. The van der Waals surface area contributed by atoms with E-state index in [0.717, 1.165) is 51.4 Å². The highest BCUT2D eigenvalue weighted by Gasteiger charge is 2.16. The van der Waals surface area contributed by atoms with Crippen molar-refractivity contribution < 1.29 is 24.2 Å². The maximum Gasteiger partial charge on any atom is 0.306 e. The van der Waals surface area contributed by atoms with Crippen LogP contribution in [0.5, 0.6) is 0 Å². The number of allylic oxidation sites excluding steroid dienone is 4. The second kappa shape index (κ2) is 30.9. The summed E-state index contributed by atoms with van der Waals surface area (Å²) in [4.78, 5) is 24.0. The summed E-state index contributed by atoms with van der Waals surface area (Å²) in [6, 6.07) is 0. The molecule has 0 aliphatic rings. The number of carbonyl (C=O) groups is 2. The number of unbranched alkanes of at least 4 members (excludes halogenated alkanes) is 17. The van der Waals surface area contributed by atoms with Crippen molar-refractivity contribution in [1.82, 2.24) is 0 Å². The highest BCUT2D eigenvalue weighted by atomic mass is 16.6. The number of hydrogen-bond donors (Lipinski definition) is 1. The van der Waals surface area contributed by atoms with Gasteiger partial charge in [0.25, 0.3) is 0 Å². The number of esters is 2. The number of carbonyl (C=O) groups excluding carboxylic acids is 2. The van der Waals surface area contributed by atoms with E-state index >= 15 is 0 Å². The highest BCUT2D eigenvalue weighted by Crippen LogP contribution is 2.12. The van der Waals surface area contributed by atoms with Crippen LogP contribution in [-0.2, 0) is 19.1 Å². The van der Waals surface area contributed by atoms with Crippen LogP contribution < -0.4 is 0 Å². The highest BCUT2D eigenvalue weighted by molar-refractivity contribution is 5.70. The van der Waals surface area contributed by atoms with Crippen molar-refractivity contribution in [3.05, 3.63) is 24.3 Å². The van der Waals surface area contributed by atoms with Crippen molar-refractivity contribution in [3.63, 3.8) is 0 Å². The molecule has 0 rings (SSSR count). The SMILES string of the molecule is CCCCC/C=C/C/C=C/CCCCCCCC(=O)OC[C@H](CO)OC(=O)CCCCCCCCCCCC. The number of rotatable bonds is 29. The molecule has 0 spiro atoms. The van der Waals surface area contributed by atoms with Crippen molar-refractivity contribution in [2.24, 2.45) is 0 Å². The molecule has 1 N–H and O–H groups in total. The van der Waals surface area contributed by atoms with Gasteiger partial charge in [-0.3, -0.25) is 9.59 Å². The molecule has 0 aliphatic heterocycles. The van der Waals surface area contributed by atoms with Gasteiger partial charge in [0.2, 0.25) is 0 Å². The van der Waals surface area contributed by atoms with Gasteiger partial charge in [-0.2, -0.15) is 0 Å². The van der Waals surface area contributed by atoms with Crippen molar-refractivity contribution >= 4 is 11.9 Å². The van der Waals surface area contributed by atoms with E-state index in [1.807, 2.05) is 0 Å². The Morgan fingerprint density at radius 2 is 1.03 bits per heavy atom. The summed E-state index contributed by atoms with van der Waals surface area (Å²) in [6.07, 6.45) is 33.7. The second-order valence-corrected chi connectivity index (χ2v) is 10.9. The zero-order valence-electron chi connectivity index (χ0n) is 25.6. The molecule has 5 nitrogen and oxygen atoms in total. The zero-order chi connectivity index (χ0) is 28.7. The third-order valence-corrected chi connectivity index (χ3v) is 7.00. The molecular formula is C34H62O5. The largest absolute Gasteiger partial charge is 0.462 e. The topological polar surface area (TPSA) is 72.8 Å². The predicted molar refractivity (Wildman–Crippen MR) is 164 cm³/mol. The molecule has 39 heavy (non-hydrogen) atoms. The Morgan fingerprint density at radius 3 is 1.56 bits per heavy atom. The molecular weight excluding hydrogens is 488 g/mol. The Labute approximate surface area is 241 Å². The normalized spacial score (nSPS) is 12.4. The van der Waals surface area contributed by atoms with E-state index in [4.69, 9.17) is 9.47 Å². The molecule has 0 aromatic rings. The van der Waals surface area contributed by atoms with Crippen LogP contribution in [0.1, 0.15) is 162 Å². The fraction of sp³-hybridized carbons (Fsp3) is 0.824. The molecule has 1 atom stereocenters. The van der Waals surface area contributed by atoms with Crippen molar-refractivity contribution in [1.29, 1.82) is 0 Å². The smallest absolute Gasteiger partial charge is 0.306 e. The van der Waals surface area contributed by atoms with E-state index < -0.39 is 6.10 Å². The van der Waals surface area contributed by atoms with E-state index in [2.05, 4.69) is 38.2 Å². The fourth-order valence-electron chi connectivity index (χ4n) is 4.46. The lowest BCUT2D eigenvalue weighted by Gasteiger charge is -2.15. The van der Waals surface area contributed by atoms with Crippen molar-refractivity contribution in [3.8, 4) is 0 Å². The maximum absolute atomic E-state index is 12.0. The summed E-state index contributed by atoms with van der Waals surface area (Å²) in [5.41, 5.74) is 0. The maximum atomic E-state index is 12.0. The van der Waals surface area contributed by atoms with Crippen molar-refractivity contribution in [2.75, 3.05) is 13.2 Å². The molecule has 0 fully saturated rings. The third kappa shape index (κ3) is 29.2. The van der Waals surface area contributed by atoms with Crippen LogP contribution in [-0.4, -0.2) is 36.4 Å². The number of aliphatic hydroxyl groups is 1. The molecule has 0 aromatic carbocycles. The Bertz CT molecular complexity index is 598. The first kappa shape index (κ1) is 37.4. The molecule has 228 valence electrons. The number of aliphatic hydroxyl groups excluding tert-OH is 1. The quantitative estimate of drug-likeness (QED) is 0.0570. The van der Waals surface area contributed by atoms with E-state index in [9.17, 15) is 14.7 Å². The molecule has 0 radical (unpaired) electrons. The van der Waals surface area contributed by atoms with Crippen molar-refractivity contribution in [2.45, 2.75) is 168 Å². The van der Waals surface area contributed by atoms with Gasteiger partial charge in [-0.1, -0.05) is 128 Å². The van der Waals surface area contributed by atoms with Crippen LogP contribution >= 0.6 is 0 Å². The van der Waals surface area contributed by atoms with Gasteiger partial charge in [-0.25, -0.2) is 0 Å². The molecule has 0 unspecified atom stereocenters. The van der Waals surface area contributed by atoms with Gasteiger partial charge in [-0.15, -0.1) is 0 Å². The zero-order valence-corrected chi connectivity index (χ0v) is 25.6. The summed E-state index contributed by atoms with van der Waals surface area (Å²) >= 11 is 0. The van der Waals surface area contributed by atoms with Crippen LogP contribution in [0.2, 0.25) is 0 Å². The first-order valence-corrected chi connectivity index (χ1v) is 16.4. The Kier molecular flexibility index (Phi) is 29.6. The first-order chi connectivity index (χ1) is 19.1. The summed E-state index contributed by atoms with van der Waals surface area (Å²) in [6.45, 7) is 4.07. The minimum Gasteiger partial charge on any atom is -0.462 e. The lowest BCUT2D eigenvalue weighted by atomic mass is 10.1. The van der Waals surface area contributed by atoms with Gasteiger partial charge in [-0.05, 0) is 44.9 Å². The molecule has 0 bridgehead atoms.